The maximum absolute atomic E-state index is 15.1. The average Bonchev–Trinajstić information content (AvgIpc) is 4.19. The lowest BCUT2D eigenvalue weighted by atomic mass is 9.77. The quantitative estimate of drug-likeness (QED) is 0.158. The number of ether oxygens (including phenoxy) is 3. The van der Waals surface area contributed by atoms with Crippen molar-refractivity contribution in [3.63, 3.8) is 0 Å². The molecule has 0 spiro atoms. The van der Waals surface area contributed by atoms with E-state index in [2.05, 4.69) is 16.6 Å². The Labute approximate surface area is 363 Å². The molecule has 2 N–H and O–H groups in total. The molecule has 2 aliphatic carbocycles. The van der Waals surface area contributed by atoms with Gasteiger partial charge in [0.05, 0.1) is 48.6 Å². The molecule has 7 rings (SSSR count). The molecule has 4 aliphatic rings. The monoisotopic (exact) mass is 871 g/mol. The van der Waals surface area contributed by atoms with Gasteiger partial charge in [-0.25, -0.2) is 13.4 Å². The number of rotatable bonds is 15. The van der Waals surface area contributed by atoms with Gasteiger partial charge >= 0.3 is 5.97 Å². The van der Waals surface area contributed by atoms with Gasteiger partial charge in [-0.05, 0) is 56.6 Å². The number of sulfonamides is 1. The molecule has 3 aromatic rings. The first kappa shape index (κ1) is 44.5. The highest BCUT2D eigenvalue weighted by Crippen LogP contribution is 2.46. The maximum atomic E-state index is 15.1. The lowest BCUT2D eigenvalue weighted by molar-refractivity contribution is -0.153. The summed E-state index contributed by atoms with van der Waals surface area (Å²) in [5.41, 5.74) is -0.252. The van der Waals surface area contributed by atoms with Crippen LogP contribution in [0.25, 0.3) is 22.2 Å². The summed E-state index contributed by atoms with van der Waals surface area (Å²) < 4.78 is 45.4. The van der Waals surface area contributed by atoms with Gasteiger partial charge in [0, 0.05) is 54.9 Å². The van der Waals surface area contributed by atoms with E-state index >= 15 is 4.79 Å². The zero-order valence-electron chi connectivity index (χ0n) is 36.1. The zero-order chi connectivity index (χ0) is 44.6. The number of aromatic nitrogens is 1. The van der Waals surface area contributed by atoms with Crippen LogP contribution < -0.4 is 19.5 Å². The number of methoxy groups -OCH3 is 1. The molecule has 16 heteroatoms. The van der Waals surface area contributed by atoms with Gasteiger partial charge in [0.15, 0.2) is 0 Å². The number of fused-ring (bicyclic) bond motifs is 1. The van der Waals surface area contributed by atoms with Gasteiger partial charge in [0.1, 0.15) is 29.2 Å². The van der Waals surface area contributed by atoms with E-state index in [1.165, 1.54) is 11.0 Å². The Morgan fingerprint density at radius 3 is 2.42 bits per heavy atom. The van der Waals surface area contributed by atoms with E-state index in [1.54, 1.807) is 31.1 Å². The number of carbonyl (C=O) groups excluding carboxylic acids is 5. The first-order valence-corrected chi connectivity index (χ1v) is 23.0. The number of nitrogens with one attached hydrogen (secondary N) is 2. The van der Waals surface area contributed by atoms with E-state index in [0.29, 0.717) is 60.3 Å². The molecule has 4 amide bonds. The lowest BCUT2D eigenvalue weighted by Crippen LogP contribution is -2.57. The van der Waals surface area contributed by atoms with E-state index in [1.807, 2.05) is 63.2 Å². The number of piperidine rings is 1. The first-order valence-electron chi connectivity index (χ1n) is 21.4. The van der Waals surface area contributed by atoms with Gasteiger partial charge in [-0.2, -0.15) is 0 Å². The molecule has 2 aromatic carbocycles. The number of nitrogens with zero attached hydrogens (tertiary/aromatic N) is 3. The second-order valence-corrected chi connectivity index (χ2v) is 19.9. The maximum Gasteiger partial charge on any atom is 0.310 e. The fourth-order valence-corrected chi connectivity index (χ4v) is 10.0. The first-order chi connectivity index (χ1) is 29.5. The van der Waals surface area contributed by atoms with Gasteiger partial charge in [0.25, 0.3) is 5.91 Å². The second kappa shape index (κ2) is 17.7. The molecular weight excluding hydrogens is 815 g/mol. The summed E-state index contributed by atoms with van der Waals surface area (Å²) in [6, 6.07) is 15.7. The van der Waals surface area contributed by atoms with Crippen LogP contribution in [0.15, 0.2) is 67.3 Å². The molecular formula is C46H57N5O10S. The fraction of sp³-hybridized carbons (Fsp3) is 0.522. The van der Waals surface area contributed by atoms with Crippen molar-refractivity contribution in [3.8, 4) is 22.8 Å². The Morgan fingerprint density at radius 2 is 1.77 bits per heavy atom. The number of carbonyl (C=O) groups is 5. The van der Waals surface area contributed by atoms with Gasteiger partial charge in [-0.3, -0.25) is 28.7 Å². The highest BCUT2D eigenvalue weighted by atomic mass is 32.2. The highest BCUT2D eigenvalue weighted by Gasteiger charge is 2.62. The van der Waals surface area contributed by atoms with Crippen LogP contribution in [0.2, 0.25) is 0 Å². The average molecular weight is 872 g/mol. The molecule has 3 heterocycles. The molecule has 2 saturated heterocycles. The standard InChI is InChI=1S/C46H57N5O10S/c1-7-30-25-46(30,44(56)49-62(57,58)33-17-18-33)48-41(53)38-22-32(61-39-24-36(28-13-10-9-11-14-28)47-37-21-31(59-6)16-19-34(37)39)27-51(38)42(54)35(45(3,4)5)23-40(52)50-20-12-15-29(26-50)43(55)60-8-2/h7,9-11,13-14,16,19,21,24,29-30,32-33,35,38H,1,8,12,15,17-18,20,22-23,25-27H2,2-6H3,(H,48,53)(H,49,56)/t29?,30?,32-,35-,38+,46-/m1/s1. The van der Waals surface area contributed by atoms with Gasteiger partial charge in [-0.15, -0.1) is 6.58 Å². The molecule has 62 heavy (non-hydrogen) atoms. The molecule has 6 atom stereocenters. The Balaban J connectivity index is 1.20. The Bertz CT molecular complexity index is 2350. The summed E-state index contributed by atoms with van der Waals surface area (Å²) in [6.45, 7) is 12.0. The minimum atomic E-state index is -3.93. The Morgan fingerprint density at radius 1 is 1.03 bits per heavy atom. The molecule has 4 fully saturated rings. The predicted molar refractivity (Wildman–Crippen MR) is 231 cm³/mol. The van der Waals surface area contributed by atoms with Crippen LogP contribution in [0.3, 0.4) is 0 Å². The van der Waals surface area contributed by atoms with Crippen LogP contribution in [-0.2, 0) is 38.7 Å². The number of likely N-dealkylation sites (tertiary alicyclic amines) is 2. The van der Waals surface area contributed by atoms with E-state index in [-0.39, 0.29) is 50.8 Å². The third-order valence-corrected chi connectivity index (χ3v) is 14.4. The van der Waals surface area contributed by atoms with Crippen molar-refractivity contribution in [2.75, 3.05) is 33.4 Å². The third kappa shape index (κ3) is 9.44. The molecule has 0 bridgehead atoms. The molecule has 2 saturated carbocycles. The number of hydrogen-bond acceptors (Lipinski definition) is 11. The summed E-state index contributed by atoms with van der Waals surface area (Å²) in [7, 11) is -2.37. The highest BCUT2D eigenvalue weighted by molar-refractivity contribution is 7.91. The van der Waals surface area contributed by atoms with Gasteiger partial charge < -0.3 is 29.3 Å². The van der Waals surface area contributed by atoms with Crippen molar-refractivity contribution < 1.29 is 46.6 Å². The van der Waals surface area contributed by atoms with Gasteiger partial charge in [0.2, 0.25) is 27.7 Å². The molecule has 0 radical (unpaired) electrons. The minimum Gasteiger partial charge on any atom is -0.497 e. The van der Waals surface area contributed by atoms with Crippen LogP contribution in [0.1, 0.15) is 72.6 Å². The number of esters is 1. The van der Waals surface area contributed by atoms with E-state index in [4.69, 9.17) is 19.2 Å². The molecule has 15 nitrogen and oxygen atoms in total. The Hall–Kier alpha value is -5.51. The summed E-state index contributed by atoms with van der Waals surface area (Å²) in [5, 5.41) is 2.87. The van der Waals surface area contributed by atoms with E-state index < -0.39 is 73.8 Å². The molecule has 2 unspecified atom stereocenters. The van der Waals surface area contributed by atoms with Gasteiger partial charge in [-0.1, -0.05) is 57.2 Å². The topological polar surface area (TPSA) is 191 Å². The Kier molecular flexibility index (Phi) is 12.7. The minimum absolute atomic E-state index is 0.0210. The smallest absolute Gasteiger partial charge is 0.310 e. The van der Waals surface area contributed by atoms with Crippen molar-refractivity contribution in [1.82, 2.24) is 24.8 Å². The number of benzene rings is 2. The van der Waals surface area contributed by atoms with Crippen LogP contribution in [-0.4, -0.2) is 109 Å². The fourth-order valence-electron chi connectivity index (χ4n) is 8.66. The number of hydrogen-bond donors (Lipinski definition) is 2. The van der Waals surface area contributed by atoms with E-state index in [0.717, 1.165) is 5.56 Å². The number of pyridine rings is 1. The zero-order valence-corrected chi connectivity index (χ0v) is 36.9. The second-order valence-electron chi connectivity index (χ2n) is 18.0. The largest absolute Gasteiger partial charge is 0.497 e. The molecule has 1 aromatic heterocycles. The third-order valence-electron chi connectivity index (χ3n) is 12.6. The van der Waals surface area contributed by atoms with E-state index in [9.17, 15) is 27.6 Å². The lowest BCUT2D eigenvalue weighted by Gasteiger charge is -2.37. The van der Waals surface area contributed by atoms with Crippen LogP contribution in [0.4, 0.5) is 0 Å². The van der Waals surface area contributed by atoms with Crippen molar-refractivity contribution in [2.24, 2.45) is 23.2 Å². The predicted octanol–water partition coefficient (Wildman–Crippen LogP) is 4.78. The van der Waals surface area contributed by atoms with Crippen LogP contribution in [0.5, 0.6) is 11.5 Å². The van der Waals surface area contributed by atoms with Crippen molar-refractivity contribution >= 4 is 50.5 Å². The normalized spacial score (nSPS) is 24.1. The van der Waals surface area contributed by atoms with Crippen LogP contribution in [0, 0.1) is 23.2 Å². The van der Waals surface area contributed by atoms with Crippen molar-refractivity contribution in [1.29, 1.82) is 0 Å². The summed E-state index contributed by atoms with van der Waals surface area (Å²) in [5.74, 6) is -3.43. The molecule has 2 aliphatic heterocycles. The summed E-state index contributed by atoms with van der Waals surface area (Å²) in [6.07, 6.45) is 2.86. The van der Waals surface area contributed by atoms with Crippen LogP contribution >= 0.6 is 0 Å². The molecule has 332 valence electrons. The van der Waals surface area contributed by atoms with Crippen molar-refractivity contribution in [3.05, 3.63) is 67.3 Å². The number of amides is 4. The summed E-state index contributed by atoms with van der Waals surface area (Å²) in [4.78, 5) is 78.0. The van der Waals surface area contributed by atoms with Crippen molar-refractivity contribution in [2.45, 2.75) is 95.6 Å². The SMILES string of the molecule is C=CC1C[C@]1(NC(=O)[C@@H]1C[C@@H](Oc2cc(-c3ccccc3)nc3cc(OC)ccc23)CN1C(=O)[C@@H](CC(=O)N1CCCC(C(=O)OCC)C1)C(C)(C)C)C(=O)NS(=O)(=O)C1CC1. The summed E-state index contributed by atoms with van der Waals surface area (Å²) >= 11 is 0.